The summed E-state index contributed by atoms with van der Waals surface area (Å²) < 4.78 is 2.19. The van der Waals surface area contributed by atoms with Gasteiger partial charge in [-0.25, -0.2) is 0 Å². The van der Waals surface area contributed by atoms with E-state index in [1.54, 1.807) is 0 Å². The summed E-state index contributed by atoms with van der Waals surface area (Å²) in [6.45, 7) is 7.59. The van der Waals surface area contributed by atoms with Crippen LogP contribution in [0.15, 0.2) is 0 Å². The van der Waals surface area contributed by atoms with E-state index in [1.807, 2.05) is 7.05 Å². The van der Waals surface area contributed by atoms with Crippen molar-refractivity contribution in [2.45, 2.75) is 52.6 Å². The first-order chi connectivity index (χ1) is 7.63. The van der Waals surface area contributed by atoms with Crippen molar-refractivity contribution < 1.29 is 0 Å². The predicted molar refractivity (Wildman–Crippen MR) is 66.5 cm³/mol. The molecule has 1 aromatic heterocycles. The Balaban J connectivity index is 2.12. The van der Waals surface area contributed by atoms with E-state index >= 15 is 0 Å². The van der Waals surface area contributed by atoms with Gasteiger partial charge in [0.05, 0.1) is 5.69 Å². The maximum absolute atomic E-state index is 4.66. The summed E-state index contributed by atoms with van der Waals surface area (Å²) in [4.78, 5) is 0. The van der Waals surface area contributed by atoms with Crippen LogP contribution in [0.1, 0.15) is 49.2 Å². The highest BCUT2D eigenvalue weighted by Gasteiger charge is 2.22. The predicted octanol–water partition coefficient (Wildman–Crippen LogP) is 2.58. The van der Waals surface area contributed by atoms with Gasteiger partial charge in [0.15, 0.2) is 0 Å². The van der Waals surface area contributed by atoms with Crippen LogP contribution in [-0.4, -0.2) is 16.8 Å². The SMILES string of the molecule is CNC(C)c1c(C)nn(CCC2CC2)c1C. The first-order valence-corrected chi connectivity index (χ1v) is 6.34. The highest BCUT2D eigenvalue weighted by Crippen LogP contribution is 2.33. The molecule has 1 aromatic rings. The first kappa shape index (κ1) is 11.6. The summed E-state index contributed by atoms with van der Waals surface area (Å²) in [7, 11) is 2.01. The van der Waals surface area contributed by atoms with Gasteiger partial charge in [-0.2, -0.15) is 5.10 Å². The molecule has 1 heterocycles. The lowest BCUT2D eigenvalue weighted by Crippen LogP contribution is -2.14. The Bertz CT molecular complexity index is 363. The summed E-state index contributed by atoms with van der Waals surface area (Å²) in [5.74, 6) is 0.981. The van der Waals surface area contributed by atoms with Crippen molar-refractivity contribution >= 4 is 0 Å². The maximum Gasteiger partial charge on any atom is 0.0644 e. The second-order valence-corrected chi connectivity index (χ2v) is 5.05. The molecule has 3 nitrogen and oxygen atoms in total. The van der Waals surface area contributed by atoms with E-state index in [2.05, 4.69) is 35.9 Å². The highest BCUT2D eigenvalue weighted by molar-refractivity contribution is 5.27. The lowest BCUT2D eigenvalue weighted by molar-refractivity contribution is 0.531. The quantitative estimate of drug-likeness (QED) is 0.828. The van der Waals surface area contributed by atoms with Crippen molar-refractivity contribution in [3.05, 3.63) is 17.0 Å². The minimum Gasteiger partial charge on any atom is -0.313 e. The minimum absolute atomic E-state index is 0.398. The average molecular weight is 221 g/mol. The molecule has 16 heavy (non-hydrogen) atoms. The molecule has 1 aliphatic carbocycles. The van der Waals surface area contributed by atoms with Gasteiger partial charge in [-0.3, -0.25) is 4.68 Å². The Morgan fingerprint density at radius 1 is 1.44 bits per heavy atom. The van der Waals surface area contributed by atoms with E-state index in [9.17, 15) is 0 Å². The van der Waals surface area contributed by atoms with Crippen LogP contribution in [0.2, 0.25) is 0 Å². The topological polar surface area (TPSA) is 29.9 Å². The van der Waals surface area contributed by atoms with Crippen LogP contribution in [0.25, 0.3) is 0 Å². The molecule has 0 aromatic carbocycles. The lowest BCUT2D eigenvalue weighted by Gasteiger charge is -2.11. The third kappa shape index (κ3) is 2.29. The van der Waals surface area contributed by atoms with Gasteiger partial charge in [0.2, 0.25) is 0 Å². The van der Waals surface area contributed by atoms with E-state index in [-0.39, 0.29) is 0 Å². The lowest BCUT2D eigenvalue weighted by atomic mass is 10.1. The fraction of sp³-hybridized carbons (Fsp3) is 0.769. The van der Waals surface area contributed by atoms with Crippen molar-refractivity contribution in [2.75, 3.05) is 7.05 Å². The average Bonchev–Trinajstić information content (AvgIpc) is 3.03. The highest BCUT2D eigenvalue weighted by atomic mass is 15.3. The molecule has 0 amide bonds. The second kappa shape index (κ2) is 4.58. The molecule has 0 aliphatic heterocycles. The molecule has 1 unspecified atom stereocenters. The molecule has 1 aliphatic rings. The molecule has 0 spiro atoms. The third-order valence-corrected chi connectivity index (χ3v) is 3.75. The van der Waals surface area contributed by atoms with Gasteiger partial charge in [-0.15, -0.1) is 0 Å². The van der Waals surface area contributed by atoms with Crippen molar-refractivity contribution in [1.29, 1.82) is 0 Å². The number of nitrogens with one attached hydrogen (secondary N) is 1. The summed E-state index contributed by atoms with van der Waals surface area (Å²) in [6, 6.07) is 0.398. The Morgan fingerprint density at radius 2 is 2.12 bits per heavy atom. The second-order valence-electron chi connectivity index (χ2n) is 5.05. The van der Waals surface area contributed by atoms with Gasteiger partial charge >= 0.3 is 0 Å². The molecule has 1 fully saturated rings. The standard InChI is InChI=1S/C13H23N3/c1-9(14-4)13-10(2)15-16(11(13)3)8-7-12-5-6-12/h9,12,14H,5-8H2,1-4H3. The van der Waals surface area contributed by atoms with Crippen molar-refractivity contribution in [3.63, 3.8) is 0 Å². The van der Waals surface area contributed by atoms with Crippen molar-refractivity contribution in [1.82, 2.24) is 15.1 Å². The van der Waals surface area contributed by atoms with Crippen LogP contribution < -0.4 is 5.32 Å². The fourth-order valence-corrected chi connectivity index (χ4v) is 2.41. The van der Waals surface area contributed by atoms with Crippen LogP contribution in [0.3, 0.4) is 0 Å². The third-order valence-electron chi connectivity index (χ3n) is 3.75. The van der Waals surface area contributed by atoms with Crippen LogP contribution in [0.4, 0.5) is 0 Å². The van der Waals surface area contributed by atoms with Crippen molar-refractivity contribution in [2.24, 2.45) is 5.92 Å². The largest absolute Gasteiger partial charge is 0.313 e. The number of aryl methyl sites for hydroxylation is 2. The zero-order valence-electron chi connectivity index (χ0n) is 10.9. The van der Waals surface area contributed by atoms with Crippen LogP contribution >= 0.6 is 0 Å². The first-order valence-electron chi connectivity index (χ1n) is 6.34. The Hall–Kier alpha value is -0.830. The molecule has 90 valence electrons. The molecule has 0 radical (unpaired) electrons. The zero-order chi connectivity index (χ0) is 11.7. The normalized spacial score (nSPS) is 17.8. The molecule has 1 N–H and O–H groups in total. The number of hydrogen-bond acceptors (Lipinski definition) is 2. The Labute approximate surface area is 98.2 Å². The molecule has 0 bridgehead atoms. The minimum atomic E-state index is 0.398. The monoisotopic (exact) mass is 221 g/mol. The van der Waals surface area contributed by atoms with Crippen molar-refractivity contribution in [3.8, 4) is 0 Å². The molecule has 1 atom stereocenters. The Morgan fingerprint density at radius 3 is 2.69 bits per heavy atom. The van der Waals surface area contributed by atoms with E-state index < -0.39 is 0 Å². The fourth-order valence-electron chi connectivity index (χ4n) is 2.41. The van der Waals surface area contributed by atoms with E-state index in [0.717, 1.165) is 12.5 Å². The molecular formula is C13H23N3. The van der Waals surface area contributed by atoms with E-state index in [1.165, 1.54) is 36.2 Å². The van der Waals surface area contributed by atoms with Gasteiger partial charge in [-0.05, 0) is 40.2 Å². The molecular weight excluding hydrogens is 198 g/mol. The maximum atomic E-state index is 4.66. The zero-order valence-corrected chi connectivity index (χ0v) is 10.9. The van der Waals surface area contributed by atoms with Gasteiger partial charge < -0.3 is 5.32 Å². The van der Waals surface area contributed by atoms with E-state index in [4.69, 9.17) is 0 Å². The summed E-state index contributed by atoms with van der Waals surface area (Å²) in [5, 5.41) is 7.96. The summed E-state index contributed by atoms with van der Waals surface area (Å²) >= 11 is 0. The van der Waals surface area contributed by atoms with Gasteiger partial charge in [0.25, 0.3) is 0 Å². The number of aromatic nitrogens is 2. The molecule has 1 saturated carbocycles. The molecule has 2 rings (SSSR count). The van der Waals surface area contributed by atoms with Crippen LogP contribution in [-0.2, 0) is 6.54 Å². The molecule has 0 saturated heterocycles. The van der Waals surface area contributed by atoms with Gasteiger partial charge in [0.1, 0.15) is 0 Å². The number of nitrogens with zero attached hydrogens (tertiary/aromatic N) is 2. The number of hydrogen-bond donors (Lipinski definition) is 1. The molecule has 3 heteroatoms. The van der Waals surface area contributed by atoms with Crippen LogP contribution in [0, 0.1) is 19.8 Å². The Kier molecular flexibility index (Phi) is 3.33. The number of rotatable bonds is 5. The van der Waals surface area contributed by atoms with Gasteiger partial charge in [0, 0.05) is 23.8 Å². The van der Waals surface area contributed by atoms with Crippen LogP contribution in [0.5, 0.6) is 0 Å². The summed E-state index contributed by atoms with van der Waals surface area (Å²) in [5.41, 5.74) is 3.88. The summed E-state index contributed by atoms with van der Waals surface area (Å²) in [6.07, 6.45) is 4.16. The van der Waals surface area contributed by atoms with E-state index in [0.29, 0.717) is 6.04 Å². The smallest absolute Gasteiger partial charge is 0.0644 e. The van der Waals surface area contributed by atoms with Gasteiger partial charge in [-0.1, -0.05) is 12.8 Å².